The molecule has 0 fully saturated rings. The number of hydrogen-bond donors (Lipinski definition) is 3. The molecule has 0 saturated heterocycles. The summed E-state index contributed by atoms with van der Waals surface area (Å²) in [5.74, 6) is -1.00. The van der Waals surface area contributed by atoms with Crippen molar-refractivity contribution in [1.82, 2.24) is 14.8 Å². The molecule has 9 heteroatoms. The molecule has 0 atom stereocenters. The van der Waals surface area contributed by atoms with E-state index in [0.29, 0.717) is 10.8 Å². The number of urea groups is 1. The van der Waals surface area contributed by atoms with Crippen molar-refractivity contribution in [3.8, 4) is 0 Å². The van der Waals surface area contributed by atoms with Crippen LogP contribution in [-0.4, -0.2) is 31.9 Å². The minimum absolute atomic E-state index is 0.255. The number of hydrogen-bond acceptors (Lipinski definition) is 5. The second-order valence-electron chi connectivity index (χ2n) is 3.69. The van der Waals surface area contributed by atoms with E-state index < -0.39 is 12.0 Å². The third-order valence-electron chi connectivity index (χ3n) is 2.03. The zero-order valence-electron chi connectivity index (χ0n) is 9.95. The Morgan fingerprint density at radius 1 is 1.47 bits per heavy atom. The molecule has 0 saturated carbocycles. The Morgan fingerprint density at radius 3 is 2.89 bits per heavy atom. The number of anilines is 2. The first-order valence-corrected chi connectivity index (χ1v) is 6.15. The van der Waals surface area contributed by atoms with Gasteiger partial charge in [0.2, 0.25) is 0 Å². The lowest BCUT2D eigenvalue weighted by Crippen LogP contribution is -2.19. The van der Waals surface area contributed by atoms with Crippen molar-refractivity contribution < 1.29 is 14.7 Å². The van der Waals surface area contributed by atoms with Crippen molar-refractivity contribution in [3.05, 3.63) is 23.5 Å². The molecule has 2 aromatic heterocycles. The molecule has 2 heterocycles. The lowest BCUT2D eigenvalue weighted by Gasteiger charge is -2.01. The number of carbonyl (C=O) groups is 2. The van der Waals surface area contributed by atoms with E-state index in [1.807, 2.05) is 12.3 Å². The van der Waals surface area contributed by atoms with Crippen molar-refractivity contribution in [1.29, 1.82) is 0 Å². The van der Waals surface area contributed by atoms with Gasteiger partial charge in [-0.05, 0) is 6.92 Å². The normalized spacial score (nSPS) is 10.2. The maximum atomic E-state index is 11.6. The molecule has 100 valence electrons. The van der Waals surface area contributed by atoms with Gasteiger partial charge in [-0.15, -0.1) is 11.3 Å². The largest absolute Gasteiger partial charge is 0.480 e. The van der Waals surface area contributed by atoms with E-state index in [1.54, 1.807) is 0 Å². The van der Waals surface area contributed by atoms with Gasteiger partial charge in [0.05, 0.1) is 17.6 Å². The third-order valence-corrected chi connectivity index (χ3v) is 2.90. The van der Waals surface area contributed by atoms with Gasteiger partial charge in [-0.25, -0.2) is 9.78 Å². The maximum Gasteiger partial charge on any atom is 0.325 e. The number of thiazole rings is 1. The molecule has 3 N–H and O–H groups in total. The van der Waals surface area contributed by atoms with Crippen LogP contribution < -0.4 is 10.6 Å². The van der Waals surface area contributed by atoms with Gasteiger partial charge in [0, 0.05) is 11.6 Å². The summed E-state index contributed by atoms with van der Waals surface area (Å²) in [6.45, 7) is 1.57. The Labute approximate surface area is 112 Å². The summed E-state index contributed by atoms with van der Waals surface area (Å²) in [5.41, 5.74) is 1.24. The summed E-state index contributed by atoms with van der Waals surface area (Å²) in [6.07, 6.45) is 2.80. The van der Waals surface area contributed by atoms with Crippen LogP contribution in [0.5, 0.6) is 0 Å². The molecule has 0 aromatic carbocycles. The van der Waals surface area contributed by atoms with E-state index >= 15 is 0 Å². The average molecular weight is 281 g/mol. The molecular formula is C10H11N5O3S. The number of carboxylic acid groups (broad SMARTS) is 1. The summed E-state index contributed by atoms with van der Waals surface area (Å²) in [6, 6.07) is -0.454. The van der Waals surface area contributed by atoms with Gasteiger partial charge in [0.25, 0.3) is 0 Å². The molecule has 2 rings (SSSR count). The summed E-state index contributed by atoms with van der Waals surface area (Å²) in [7, 11) is 0. The van der Waals surface area contributed by atoms with Crippen LogP contribution in [0.1, 0.15) is 5.69 Å². The van der Waals surface area contributed by atoms with Crippen molar-refractivity contribution in [2.24, 2.45) is 0 Å². The highest BCUT2D eigenvalue weighted by molar-refractivity contribution is 7.13. The van der Waals surface area contributed by atoms with Gasteiger partial charge in [0.15, 0.2) is 5.13 Å². The van der Waals surface area contributed by atoms with Crippen LogP contribution in [0.4, 0.5) is 15.6 Å². The molecule has 0 aliphatic rings. The predicted octanol–water partition coefficient (Wildman–Crippen LogP) is 1.38. The van der Waals surface area contributed by atoms with Crippen LogP contribution in [0.15, 0.2) is 17.8 Å². The summed E-state index contributed by atoms with van der Waals surface area (Å²) < 4.78 is 1.21. The standard InChI is InChI=1S/C10H11N5O3S/c1-6-5-19-10(12-6)14-9(18)13-7-2-11-15(3-7)4-8(16)17/h2-3,5H,4H2,1H3,(H,16,17)(H2,12,13,14,18). The van der Waals surface area contributed by atoms with Gasteiger partial charge in [-0.2, -0.15) is 5.10 Å². The van der Waals surface area contributed by atoms with Gasteiger partial charge < -0.3 is 10.4 Å². The van der Waals surface area contributed by atoms with Gasteiger partial charge in [-0.1, -0.05) is 0 Å². The van der Waals surface area contributed by atoms with Gasteiger partial charge >= 0.3 is 12.0 Å². The monoisotopic (exact) mass is 281 g/mol. The van der Waals surface area contributed by atoms with Crippen molar-refractivity contribution in [2.45, 2.75) is 13.5 Å². The first-order chi connectivity index (χ1) is 9.02. The Balaban J connectivity index is 1.91. The van der Waals surface area contributed by atoms with E-state index in [2.05, 4.69) is 20.7 Å². The smallest absolute Gasteiger partial charge is 0.325 e. The number of carboxylic acids is 1. The van der Waals surface area contributed by atoms with Crippen LogP contribution in [0.2, 0.25) is 0 Å². The second kappa shape index (κ2) is 5.48. The molecule has 0 spiro atoms. The predicted molar refractivity (Wildman–Crippen MR) is 69.4 cm³/mol. The number of carbonyl (C=O) groups excluding carboxylic acids is 1. The molecule has 2 amide bonds. The van der Waals surface area contributed by atoms with E-state index in [9.17, 15) is 9.59 Å². The van der Waals surface area contributed by atoms with Crippen LogP contribution in [0.25, 0.3) is 0 Å². The Morgan fingerprint density at radius 2 is 2.26 bits per heavy atom. The molecule has 0 bridgehead atoms. The fraction of sp³-hybridized carbons (Fsp3) is 0.200. The highest BCUT2D eigenvalue weighted by atomic mass is 32.1. The minimum Gasteiger partial charge on any atom is -0.480 e. The number of amides is 2. The van der Waals surface area contributed by atoms with E-state index in [1.165, 1.54) is 28.4 Å². The molecule has 0 radical (unpaired) electrons. The number of aromatic nitrogens is 3. The molecular weight excluding hydrogens is 270 g/mol. The Bertz CT molecular complexity index is 606. The number of rotatable bonds is 4. The third kappa shape index (κ3) is 3.78. The average Bonchev–Trinajstić information content (AvgIpc) is 2.88. The molecule has 19 heavy (non-hydrogen) atoms. The number of nitrogens with one attached hydrogen (secondary N) is 2. The molecule has 8 nitrogen and oxygen atoms in total. The fourth-order valence-corrected chi connectivity index (χ4v) is 2.01. The SMILES string of the molecule is Cc1csc(NC(=O)Nc2cnn(CC(=O)O)c2)n1. The van der Waals surface area contributed by atoms with E-state index in [0.717, 1.165) is 5.69 Å². The highest BCUT2D eigenvalue weighted by Gasteiger charge is 2.08. The van der Waals surface area contributed by atoms with Crippen molar-refractivity contribution >= 4 is 34.2 Å². The van der Waals surface area contributed by atoms with Crippen molar-refractivity contribution in [3.63, 3.8) is 0 Å². The molecule has 0 aliphatic heterocycles. The van der Waals surface area contributed by atoms with E-state index in [4.69, 9.17) is 5.11 Å². The Hall–Kier alpha value is -2.42. The van der Waals surface area contributed by atoms with Crippen LogP contribution >= 0.6 is 11.3 Å². The summed E-state index contributed by atoms with van der Waals surface area (Å²) in [4.78, 5) is 26.2. The summed E-state index contributed by atoms with van der Waals surface area (Å²) >= 11 is 1.32. The van der Waals surface area contributed by atoms with Gasteiger partial charge in [0.1, 0.15) is 6.54 Å². The van der Waals surface area contributed by atoms with Crippen molar-refractivity contribution in [2.75, 3.05) is 10.6 Å². The molecule has 0 aliphatic carbocycles. The molecule has 2 aromatic rings. The molecule has 0 unspecified atom stereocenters. The number of nitrogens with zero attached hydrogens (tertiary/aromatic N) is 3. The lowest BCUT2D eigenvalue weighted by atomic mass is 10.5. The highest BCUT2D eigenvalue weighted by Crippen LogP contribution is 2.14. The Kier molecular flexibility index (Phi) is 3.76. The van der Waals surface area contributed by atoms with Crippen LogP contribution in [-0.2, 0) is 11.3 Å². The zero-order chi connectivity index (χ0) is 13.8. The lowest BCUT2D eigenvalue weighted by molar-refractivity contribution is -0.137. The first-order valence-electron chi connectivity index (χ1n) is 5.27. The van der Waals surface area contributed by atoms with Gasteiger partial charge in [-0.3, -0.25) is 14.8 Å². The zero-order valence-corrected chi connectivity index (χ0v) is 10.8. The quantitative estimate of drug-likeness (QED) is 0.784. The van der Waals surface area contributed by atoms with E-state index in [-0.39, 0.29) is 6.54 Å². The maximum absolute atomic E-state index is 11.6. The topological polar surface area (TPSA) is 109 Å². The number of aryl methyl sites for hydroxylation is 1. The minimum atomic E-state index is -1.00. The first kappa shape index (κ1) is 13.0. The fourth-order valence-electron chi connectivity index (χ4n) is 1.32. The summed E-state index contributed by atoms with van der Waals surface area (Å²) in [5, 5.41) is 19.8. The number of aliphatic carboxylic acids is 1. The van der Waals surface area contributed by atoms with Crippen LogP contribution in [0.3, 0.4) is 0 Å². The van der Waals surface area contributed by atoms with Crippen LogP contribution in [0, 0.1) is 6.92 Å². The second-order valence-corrected chi connectivity index (χ2v) is 4.55.